The minimum Gasteiger partial charge on any atom is -0.481 e. The van der Waals surface area contributed by atoms with Crippen LogP contribution < -0.4 is 20.7 Å². The molecule has 5 rings (SSSR count). The number of anilines is 2. The number of fused-ring (bicyclic) bond motifs is 2. The smallest absolute Gasteiger partial charge is 0.407 e. The highest BCUT2D eigenvalue weighted by molar-refractivity contribution is 5.98. The van der Waals surface area contributed by atoms with E-state index in [0.29, 0.717) is 17.4 Å². The molecule has 0 unspecified atom stereocenters. The van der Waals surface area contributed by atoms with Crippen molar-refractivity contribution in [1.29, 1.82) is 0 Å². The van der Waals surface area contributed by atoms with E-state index in [2.05, 4.69) is 22.0 Å². The highest BCUT2D eigenvalue weighted by atomic mass is 16.6. The number of rotatable bonds is 4. The van der Waals surface area contributed by atoms with Gasteiger partial charge in [-0.1, -0.05) is 18.2 Å². The second-order valence-electron chi connectivity index (χ2n) is 10.7. The number of hydrogen-bond acceptors (Lipinski definition) is 7. The normalized spacial score (nSPS) is 19.4. The third-order valence-electron chi connectivity index (χ3n) is 6.62. The van der Waals surface area contributed by atoms with Crippen LogP contribution in [-0.2, 0) is 9.53 Å². The predicted molar refractivity (Wildman–Crippen MR) is 143 cm³/mol. The monoisotopic (exact) mass is 503 g/mol. The van der Waals surface area contributed by atoms with Crippen molar-refractivity contribution in [2.24, 2.45) is 0 Å². The Morgan fingerprint density at radius 2 is 1.84 bits per heavy atom. The van der Waals surface area contributed by atoms with Crippen LogP contribution in [0.4, 0.5) is 16.4 Å². The molecule has 1 saturated carbocycles. The molecular formula is C28H33N5O4. The Hall–Kier alpha value is -3.88. The van der Waals surface area contributed by atoms with Gasteiger partial charge in [-0.25, -0.2) is 14.8 Å². The van der Waals surface area contributed by atoms with Crippen molar-refractivity contribution in [3.05, 3.63) is 42.1 Å². The number of nitrogens with zero attached hydrogens (tertiary/aromatic N) is 2. The standard InChI is InChI=1S/C28H33N5O4/c1-16-21-14-17(20-6-5-7-23-25(20)36-15-24(34)32-23)8-13-22(21)33-26(29-16)30-18-9-11-19(12-10-18)31-27(35)37-28(2,3)4/h5-8,13-14,18-19H,9-12,15H2,1-4H3,(H,31,35)(H,32,34)(H,29,30,33). The number of aryl methyl sites for hydroxylation is 1. The van der Waals surface area contributed by atoms with Crippen molar-refractivity contribution < 1.29 is 19.1 Å². The van der Waals surface area contributed by atoms with Crippen molar-refractivity contribution in [1.82, 2.24) is 15.3 Å². The fourth-order valence-electron chi connectivity index (χ4n) is 4.89. The summed E-state index contributed by atoms with van der Waals surface area (Å²) in [5.41, 5.74) is 3.81. The molecule has 2 heterocycles. The van der Waals surface area contributed by atoms with Crippen LogP contribution in [-0.4, -0.2) is 46.3 Å². The molecule has 0 bridgehead atoms. The molecule has 3 aromatic rings. The SMILES string of the molecule is Cc1nc(NC2CCC(NC(=O)OC(C)(C)C)CC2)nc2ccc(-c3cccc4c3OCC(=O)N4)cc12. The van der Waals surface area contributed by atoms with Crippen LogP contribution in [0.25, 0.3) is 22.0 Å². The Bertz CT molecular complexity index is 1340. The summed E-state index contributed by atoms with van der Waals surface area (Å²) in [4.78, 5) is 33.3. The number of benzene rings is 2. The zero-order chi connectivity index (χ0) is 26.2. The number of carbonyl (C=O) groups excluding carboxylic acids is 2. The summed E-state index contributed by atoms with van der Waals surface area (Å²) in [6, 6.07) is 12.2. The van der Waals surface area contributed by atoms with E-state index in [0.717, 1.165) is 53.4 Å². The van der Waals surface area contributed by atoms with Gasteiger partial charge in [-0.15, -0.1) is 0 Å². The molecule has 1 aliphatic heterocycles. The first-order valence-corrected chi connectivity index (χ1v) is 12.7. The molecule has 9 heteroatoms. The van der Waals surface area contributed by atoms with E-state index < -0.39 is 5.60 Å². The number of nitrogens with one attached hydrogen (secondary N) is 3. The summed E-state index contributed by atoms with van der Waals surface area (Å²) >= 11 is 0. The molecule has 1 aliphatic carbocycles. The number of ether oxygens (including phenoxy) is 2. The zero-order valence-electron chi connectivity index (χ0n) is 21.7. The van der Waals surface area contributed by atoms with Gasteiger partial charge in [-0.2, -0.15) is 0 Å². The number of para-hydroxylation sites is 1. The fourth-order valence-corrected chi connectivity index (χ4v) is 4.89. The van der Waals surface area contributed by atoms with Crippen molar-refractivity contribution in [2.75, 3.05) is 17.2 Å². The molecule has 3 N–H and O–H groups in total. The van der Waals surface area contributed by atoms with Crippen LogP contribution in [0.1, 0.15) is 52.1 Å². The highest BCUT2D eigenvalue weighted by Crippen LogP contribution is 2.39. The van der Waals surface area contributed by atoms with Gasteiger partial charge < -0.3 is 25.4 Å². The quantitative estimate of drug-likeness (QED) is 0.449. The van der Waals surface area contributed by atoms with E-state index >= 15 is 0 Å². The highest BCUT2D eigenvalue weighted by Gasteiger charge is 2.25. The van der Waals surface area contributed by atoms with Crippen molar-refractivity contribution in [3.63, 3.8) is 0 Å². The van der Waals surface area contributed by atoms with Crippen LogP contribution in [0.15, 0.2) is 36.4 Å². The van der Waals surface area contributed by atoms with Crippen LogP contribution in [0.2, 0.25) is 0 Å². The number of aromatic nitrogens is 2. The fraction of sp³-hybridized carbons (Fsp3) is 0.429. The maximum Gasteiger partial charge on any atom is 0.407 e. The number of amides is 2. The number of alkyl carbamates (subject to hydrolysis) is 1. The van der Waals surface area contributed by atoms with Gasteiger partial charge in [0.2, 0.25) is 5.95 Å². The van der Waals surface area contributed by atoms with Crippen LogP contribution in [0.3, 0.4) is 0 Å². The summed E-state index contributed by atoms with van der Waals surface area (Å²) in [6.07, 6.45) is 3.21. The topological polar surface area (TPSA) is 114 Å². The molecule has 0 radical (unpaired) electrons. The second kappa shape index (κ2) is 9.88. The van der Waals surface area contributed by atoms with Gasteiger partial charge >= 0.3 is 6.09 Å². The van der Waals surface area contributed by atoms with Crippen LogP contribution in [0, 0.1) is 6.92 Å². The predicted octanol–water partition coefficient (Wildman–Crippen LogP) is 5.18. The minimum atomic E-state index is -0.499. The maximum absolute atomic E-state index is 12.1. The lowest BCUT2D eigenvalue weighted by molar-refractivity contribution is -0.118. The van der Waals surface area contributed by atoms with Crippen LogP contribution in [0.5, 0.6) is 5.75 Å². The lowest BCUT2D eigenvalue weighted by atomic mass is 9.91. The average molecular weight is 504 g/mol. The Kier molecular flexibility index (Phi) is 6.62. The van der Waals surface area contributed by atoms with Gasteiger partial charge in [0.05, 0.1) is 16.9 Å². The molecule has 1 aromatic heterocycles. The molecule has 0 saturated heterocycles. The zero-order valence-corrected chi connectivity index (χ0v) is 21.7. The summed E-state index contributed by atoms with van der Waals surface area (Å²) < 4.78 is 11.1. The summed E-state index contributed by atoms with van der Waals surface area (Å²) in [7, 11) is 0. The van der Waals surface area contributed by atoms with Gasteiger partial charge in [0.15, 0.2) is 12.4 Å². The van der Waals surface area contributed by atoms with E-state index in [1.807, 2.05) is 58.0 Å². The molecule has 2 amide bonds. The van der Waals surface area contributed by atoms with Gasteiger partial charge in [-0.05, 0) is 77.1 Å². The number of carbonyl (C=O) groups is 2. The first-order chi connectivity index (χ1) is 17.6. The summed E-state index contributed by atoms with van der Waals surface area (Å²) in [5.74, 6) is 1.14. The van der Waals surface area contributed by atoms with Gasteiger partial charge in [0.25, 0.3) is 5.91 Å². The number of hydrogen-bond donors (Lipinski definition) is 3. The summed E-state index contributed by atoms with van der Waals surface area (Å²) in [5, 5.41) is 10.3. The van der Waals surface area contributed by atoms with Crippen molar-refractivity contribution >= 4 is 34.5 Å². The van der Waals surface area contributed by atoms with Crippen molar-refractivity contribution in [3.8, 4) is 16.9 Å². The largest absolute Gasteiger partial charge is 0.481 e. The van der Waals surface area contributed by atoms with Gasteiger partial charge in [0, 0.05) is 23.0 Å². The van der Waals surface area contributed by atoms with E-state index in [9.17, 15) is 9.59 Å². The molecule has 194 valence electrons. The van der Waals surface area contributed by atoms with Crippen LogP contribution >= 0.6 is 0 Å². The first kappa shape index (κ1) is 24.8. The molecule has 2 aliphatic rings. The van der Waals surface area contributed by atoms with E-state index in [1.54, 1.807) is 0 Å². The van der Waals surface area contributed by atoms with E-state index in [4.69, 9.17) is 19.4 Å². The lowest BCUT2D eigenvalue weighted by Crippen LogP contribution is -2.42. The van der Waals surface area contributed by atoms with Crippen molar-refractivity contribution in [2.45, 2.75) is 71.1 Å². The first-order valence-electron chi connectivity index (χ1n) is 12.7. The van der Waals surface area contributed by atoms with Gasteiger partial charge in [-0.3, -0.25) is 4.79 Å². The third-order valence-corrected chi connectivity index (χ3v) is 6.62. The Labute approximate surface area is 216 Å². The molecule has 9 nitrogen and oxygen atoms in total. The Balaban J connectivity index is 1.26. The maximum atomic E-state index is 12.1. The van der Waals surface area contributed by atoms with E-state index in [1.165, 1.54) is 0 Å². The molecule has 1 fully saturated rings. The molecule has 0 spiro atoms. The second-order valence-corrected chi connectivity index (χ2v) is 10.7. The summed E-state index contributed by atoms with van der Waals surface area (Å²) in [6.45, 7) is 7.59. The molecule has 0 atom stereocenters. The Morgan fingerprint density at radius 3 is 2.59 bits per heavy atom. The lowest BCUT2D eigenvalue weighted by Gasteiger charge is -2.30. The minimum absolute atomic E-state index is 0.00768. The van der Waals surface area contributed by atoms with Gasteiger partial charge in [0.1, 0.15) is 5.60 Å². The molecule has 2 aromatic carbocycles. The average Bonchev–Trinajstić information content (AvgIpc) is 2.83. The Morgan fingerprint density at radius 1 is 1.08 bits per heavy atom. The third kappa shape index (κ3) is 5.76. The molecular weight excluding hydrogens is 470 g/mol. The molecule has 37 heavy (non-hydrogen) atoms. The van der Waals surface area contributed by atoms with E-state index in [-0.39, 0.29) is 30.7 Å².